The summed E-state index contributed by atoms with van der Waals surface area (Å²) >= 11 is 0. The highest BCUT2D eigenvalue weighted by Gasteiger charge is 2.19. The molecule has 4 heterocycles. The number of pyridine rings is 3. The Bertz CT molecular complexity index is 1550. The van der Waals surface area contributed by atoms with Crippen molar-refractivity contribution in [1.82, 2.24) is 15.0 Å². The number of rotatable bonds is 1. The summed E-state index contributed by atoms with van der Waals surface area (Å²) in [7, 11) is 0. The summed E-state index contributed by atoms with van der Waals surface area (Å²) in [6, 6.07) is 4.48. The van der Waals surface area contributed by atoms with Gasteiger partial charge in [-0.15, -0.1) is 0 Å². The van der Waals surface area contributed by atoms with Gasteiger partial charge < -0.3 is 4.42 Å². The first-order valence-electron chi connectivity index (χ1n) is 14.7. The maximum Gasteiger partial charge on any atom is 0.227 e. The molecule has 0 atom stereocenters. The van der Waals surface area contributed by atoms with Crippen LogP contribution in [-0.2, 0) is 5.41 Å². The molecule has 0 aliphatic heterocycles. The Labute approximate surface area is 168 Å². The Morgan fingerprint density at radius 1 is 1.08 bits per heavy atom. The van der Waals surface area contributed by atoms with Crippen molar-refractivity contribution in [2.24, 2.45) is 0 Å². The molecular formula is C21H21N3O. The standard InChI is InChI=1S/C21H21N3O/c1-12-6-7-15-18-13(2)23-11-16(19(18)25-20(15)24-12)17-10-14(8-9-22-17)21(3,4)5/h6-11H,1-5H3/i1D3,2D3,3D3,4D3,5D3. The average Bonchev–Trinajstić information content (AvgIpc) is 3.13. The minimum atomic E-state index is -3.52. The third-order valence-electron chi connectivity index (χ3n) is 3.83. The SMILES string of the molecule is [2H]C([2H])([2H])c1ccc2c(n1)oc1c(-c3cc(C(C([2H])([2H])[2H])(C([2H])([2H])[2H])C([2H])([2H])[2H])ccn3)cnc(C([2H])([2H])[2H])c12. The van der Waals surface area contributed by atoms with Crippen molar-refractivity contribution in [3.05, 3.63) is 53.6 Å². The van der Waals surface area contributed by atoms with Crippen molar-refractivity contribution >= 4 is 22.1 Å². The Hall–Kier alpha value is -2.75. The first kappa shape index (κ1) is 6.20. The molecule has 25 heavy (non-hydrogen) atoms. The molecule has 0 aromatic carbocycles. The molecule has 0 aliphatic rings. The van der Waals surface area contributed by atoms with E-state index >= 15 is 0 Å². The number of hydrogen-bond donors (Lipinski definition) is 0. The van der Waals surface area contributed by atoms with Crippen LogP contribution in [0.25, 0.3) is 33.3 Å². The monoisotopic (exact) mass is 346 g/mol. The number of furan rings is 1. The van der Waals surface area contributed by atoms with Gasteiger partial charge in [-0.1, -0.05) is 20.6 Å². The number of aromatic nitrogens is 3. The fourth-order valence-corrected chi connectivity index (χ4v) is 2.65. The molecule has 0 radical (unpaired) electrons. The van der Waals surface area contributed by atoms with Crippen LogP contribution >= 0.6 is 0 Å². The van der Waals surface area contributed by atoms with Crippen LogP contribution in [0.5, 0.6) is 0 Å². The summed E-state index contributed by atoms with van der Waals surface area (Å²) < 4.78 is 124. The van der Waals surface area contributed by atoms with Gasteiger partial charge in [0.2, 0.25) is 5.71 Å². The molecule has 126 valence electrons. The van der Waals surface area contributed by atoms with E-state index < -0.39 is 50.9 Å². The lowest BCUT2D eigenvalue weighted by atomic mass is 9.87. The topological polar surface area (TPSA) is 51.8 Å². The smallest absolute Gasteiger partial charge is 0.227 e. The zero-order valence-electron chi connectivity index (χ0n) is 27.7. The van der Waals surface area contributed by atoms with Crippen LogP contribution in [0, 0.1) is 13.7 Å². The van der Waals surface area contributed by atoms with Crippen LogP contribution in [-0.4, -0.2) is 15.0 Å². The summed E-state index contributed by atoms with van der Waals surface area (Å²) in [5, 5.41) is 0.0828. The Morgan fingerprint density at radius 2 is 2.00 bits per heavy atom. The van der Waals surface area contributed by atoms with E-state index in [1.807, 2.05) is 0 Å². The van der Waals surface area contributed by atoms with Gasteiger partial charge in [-0.2, -0.15) is 0 Å². The van der Waals surface area contributed by atoms with Crippen molar-refractivity contribution in [2.75, 3.05) is 0 Å². The van der Waals surface area contributed by atoms with E-state index in [1.54, 1.807) is 0 Å². The van der Waals surface area contributed by atoms with Gasteiger partial charge in [0.05, 0.1) is 22.0 Å². The normalized spacial score (nSPS) is 23.6. The lowest BCUT2D eigenvalue weighted by Gasteiger charge is -2.19. The molecule has 0 unspecified atom stereocenters. The molecule has 0 fully saturated rings. The lowest BCUT2D eigenvalue weighted by molar-refractivity contribution is 0.589. The van der Waals surface area contributed by atoms with Crippen LogP contribution in [0.1, 0.15) is 58.1 Å². The molecule has 0 N–H and O–H groups in total. The lowest BCUT2D eigenvalue weighted by Crippen LogP contribution is -2.11. The van der Waals surface area contributed by atoms with Crippen molar-refractivity contribution < 1.29 is 25.0 Å². The molecule has 0 saturated heterocycles. The summed E-state index contributed by atoms with van der Waals surface area (Å²) in [6.45, 7) is -15.9. The van der Waals surface area contributed by atoms with E-state index in [9.17, 15) is 0 Å². The van der Waals surface area contributed by atoms with Crippen LogP contribution in [0.15, 0.2) is 41.1 Å². The number of nitrogens with zero attached hydrogens (tertiary/aromatic N) is 3. The maximum absolute atomic E-state index is 7.98. The molecule has 0 spiro atoms. The molecule has 4 aromatic heterocycles. The molecule has 0 bridgehead atoms. The Kier molecular flexibility index (Phi) is 1.33. The van der Waals surface area contributed by atoms with Crippen LogP contribution in [0.3, 0.4) is 0 Å². The van der Waals surface area contributed by atoms with E-state index in [1.165, 1.54) is 12.1 Å². The summed E-state index contributed by atoms with van der Waals surface area (Å²) in [6.07, 6.45) is 2.09. The first-order chi connectivity index (χ1) is 18.0. The number of hydrogen-bond acceptors (Lipinski definition) is 4. The minimum absolute atomic E-state index is 0.0335. The zero-order valence-corrected chi connectivity index (χ0v) is 12.7. The molecule has 4 rings (SSSR count). The van der Waals surface area contributed by atoms with Gasteiger partial charge in [-0.05, 0) is 48.9 Å². The van der Waals surface area contributed by atoms with E-state index in [0.717, 1.165) is 24.5 Å². The second-order valence-electron chi connectivity index (χ2n) is 5.56. The fraction of sp³-hybridized carbons (Fsp3) is 0.286. The number of fused-ring (bicyclic) bond motifs is 3. The van der Waals surface area contributed by atoms with E-state index in [0.29, 0.717) is 0 Å². The largest absolute Gasteiger partial charge is 0.437 e. The van der Waals surface area contributed by atoms with Crippen LogP contribution < -0.4 is 0 Å². The highest BCUT2D eigenvalue weighted by atomic mass is 16.3. The molecule has 4 heteroatoms. The first-order valence-corrected chi connectivity index (χ1v) is 7.22. The van der Waals surface area contributed by atoms with Gasteiger partial charge in [-0.3, -0.25) is 9.97 Å². The number of aryl methyl sites for hydroxylation is 2. The van der Waals surface area contributed by atoms with Crippen LogP contribution in [0.2, 0.25) is 0 Å². The Balaban J connectivity index is 2.09. The quantitative estimate of drug-likeness (QED) is 0.466. The molecule has 0 saturated carbocycles. The van der Waals surface area contributed by atoms with Gasteiger partial charge in [0.15, 0.2) is 0 Å². The van der Waals surface area contributed by atoms with Crippen molar-refractivity contribution in [3.63, 3.8) is 0 Å². The third kappa shape index (κ3) is 2.58. The van der Waals surface area contributed by atoms with Crippen molar-refractivity contribution in [3.8, 4) is 11.3 Å². The van der Waals surface area contributed by atoms with E-state index in [2.05, 4.69) is 15.0 Å². The maximum atomic E-state index is 7.98. The van der Waals surface area contributed by atoms with E-state index in [-0.39, 0.29) is 39.0 Å². The minimum Gasteiger partial charge on any atom is -0.437 e. The summed E-state index contributed by atoms with van der Waals surface area (Å²) in [4.78, 5) is 12.2. The predicted octanol–water partition coefficient (Wildman–Crippen LogP) is 5.35. The van der Waals surface area contributed by atoms with Gasteiger partial charge in [0, 0.05) is 44.3 Å². The van der Waals surface area contributed by atoms with Gasteiger partial charge >= 0.3 is 0 Å². The molecule has 0 aliphatic carbocycles. The molecular weight excluding hydrogens is 310 g/mol. The second kappa shape index (κ2) is 5.38. The fourth-order valence-electron chi connectivity index (χ4n) is 2.65. The molecule has 0 amide bonds. The van der Waals surface area contributed by atoms with E-state index in [4.69, 9.17) is 25.0 Å². The highest BCUT2D eigenvalue weighted by Crippen LogP contribution is 2.36. The summed E-state index contributed by atoms with van der Waals surface area (Å²) in [5.41, 5.74) is -5.17. The second-order valence-corrected chi connectivity index (χ2v) is 5.56. The third-order valence-corrected chi connectivity index (χ3v) is 3.83. The molecule has 4 nitrogen and oxygen atoms in total. The van der Waals surface area contributed by atoms with Crippen LogP contribution in [0.4, 0.5) is 0 Å². The average molecular weight is 347 g/mol. The van der Waals surface area contributed by atoms with Gasteiger partial charge in [-0.25, -0.2) is 4.98 Å². The molecule has 4 aromatic rings. The highest BCUT2D eigenvalue weighted by molar-refractivity contribution is 6.09. The van der Waals surface area contributed by atoms with Gasteiger partial charge in [0.1, 0.15) is 5.58 Å². The van der Waals surface area contributed by atoms with Crippen molar-refractivity contribution in [2.45, 2.75) is 39.7 Å². The van der Waals surface area contributed by atoms with Crippen molar-refractivity contribution in [1.29, 1.82) is 0 Å². The zero-order chi connectivity index (χ0) is 30.3. The Morgan fingerprint density at radius 3 is 2.80 bits per heavy atom. The summed E-state index contributed by atoms with van der Waals surface area (Å²) in [5.74, 6) is 0. The van der Waals surface area contributed by atoms with Gasteiger partial charge in [0.25, 0.3) is 0 Å². The predicted molar refractivity (Wildman–Crippen MR) is 101 cm³/mol.